The molecular weight excluding hydrogens is 232 g/mol. The highest BCUT2D eigenvalue weighted by Gasteiger charge is 2.18. The minimum Gasteiger partial charge on any atom is -0.352 e. The van der Waals surface area contributed by atoms with Crippen molar-refractivity contribution in [1.29, 1.82) is 0 Å². The maximum atomic E-state index is 3.53. The second-order valence-electron chi connectivity index (χ2n) is 6.31. The van der Waals surface area contributed by atoms with Crippen LogP contribution in [0.4, 0.5) is 22.7 Å². The van der Waals surface area contributed by atoms with Gasteiger partial charge in [0.15, 0.2) is 0 Å². The van der Waals surface area contributed by atoms with Gasteiger partial charge in [-0.05, 0) is 47.7 Å². The van der Waals surface area contributed by atoms with Gasteiger partial charge in [-0.25, -0.2) is 0 Å². The van der Waals surface area contributed by atoms with Gasteiger partial charge >= 0.3 is 0 Å². The summed E-state index contributed by atoms with van der Waals surface area (Å²) >= 11 is 0. The van der Waals surface area contributed by atoms with Crippen molar-refractivity contribution in [3.63, 3.8) is 0 Å². The Labute approximate surface area is 114 Å². The molecule has 3 rings (SSSR count). The Balaban J connectivity index is 2.03. The van der Waals surface area contributed by atoms with Crippen LogP contribution in [0.25, 0.3) is 0 Å². The molecule has 0 amide bonds. The van der Waals surface area contributed by atoms with Crippen LogP contribution in [-0.2, 0) is 5.41 Å². The number of benzene rings is 2. The fourth-order valence-corrected chi connectivity index (χ4v) is 2.38. The van der Waals surface area contributed by atoms with E-state index in [9.17, 15) is 0 Å². The lowest BCUT2D eigenvalue weighted by Crippen LogP contribution is -2.13. The van der Waals surface area contributed by atoms with E-state index in [1.165, 1.54) is 11.1 Å². The maximum Gasteiger partial charge on any atom is 0.0627 e. The van der Waals surface area contributed by atoms with Gasteiger partial charge in [0.05, 0.1) is 22.7 Å². The number of fused-ring (bicyclic) bond motifs is 2. The van der Waals surface area contributed by atoms with E-state index in [0.717, 1.165) is 22.7 Å². The summed E-state index contributed by atoms with van der Waals surface area (Å²) in [6.45, 7) is 8.83. The molecule has 0 bridgehead atoms. The van der Waals surface area contributed by atoms with Gasteiger partial charge in [0.1, 0.15) is 0 Å². The number of hydrogen-bond donors (Lipinski definition) is 2. The number of hydrogen-bond acceptors (Lipinski definition) is 2. The average molecular weight is 252 g/mol. The van der Waals surface area contributed by atoms with Crippen LogP contribution in [0.2, 0.25) is 0 Å². The summed E-state index contributed by atoms with van der Waals surface area (Å²) in [5, 5.41) is 7.02. The zero-order valence-corrected chi connectivity index (χ0v) is 12.0. The Morgan fingerprint density at radius 3 is 2.00 bits per heavy atom. The van der Waals surface area contributed by atoms with Gasteiger partial charge in [-0.2, -0.15) is 0 Å². The Morgan fingerprint density at radius 2 is 1.32 bits per heavy atom. The molecule has 0 unspecified atom stereocenters. The molecule has 98 valence electrons. The quantitative estimate of drug-likeness (QED) is 0.582. The Hall–Kier alpha value is -1.96. The standard InChI is InChI=1S/C17H20N2/c1-11-5-7-13-15(9-11)19-16-10-12(17(2,3)4)6-8-14(16)18-13/h5-10,18-19H,1-4H3. The second kappa shape index (κ2) is 4.02. The summed E-state index contributed by atoms with van der Waals surface area (Å²) in [6.07, 6.45) is 0. The number of nitrogens with one attached hydrogen (secondary N) is 2. The van der Waals surface area contributed by atoms with Crippen LogP contribution < -0.4 is 10.6 Å². The molecule has 19 heavy (non-hydrogen) atoms. The van der Waals surface area contributed by atoms with E-state index in [4.69, 9.17) is 0 Å². The molecular formula is C17H20N2. The molecule has 0 aromatic heterocycles. The molecule has 2 heteroatoms. The van der Waals surface area contributed by atoms with Crippen molar-refractivity contribution in [2.45, 2.75) is 33.1 Å². The normalized spacial score (nSPS) is 13.1. The van der Waals surface area contributed by atoms with Gasteiger partial charge in [0.25, 0.3) is 0 Å². The van der Waals surface area contributed by atoms with Crippen molar-refractivity contribution in [3.05, 3.63) is 47.5 Å². The predicted octanol–water partition coefficient (Wildman–Crippen LogP) is 5.09. The third-order valence-corrected chi connectivity index (χ3v) is 3.60. The van der Waals surface area contributed by atoms with Gasteiger partial charge in [0, 0.05) is 0 Å². The van der Waals surface area contributed by atoms with E-state index in [0.29, 0.717) is 0 Å². The molecule has 0 fully saturated rings. The first-order valence-electron chi connectivity index (χ1n) is 6.73. The van der Waals surface area contributed by atoms with Crippen LogP contribution in [0.3, 0.4) is 0 Å². The largest absolute Gasteiger partial charge is 0.352 e. The topological polar surface area (TPSA) is 24.1 Å². The zero-order valence-electron chi connectivity index (χ0n) is 12.0. The van der Waals surface area contributed by atoms with Gasteiger partial charge in [-0.3, -0.25) is 0 Å². The first-order chi connectivity index (χ1) is 8.93. The van der Waals surface area contributed by atoms with Crippen molar-refractivity contribution in [3.8, 4) is 0 Å². The number of anilines is 4. The average Bonchev–Trinajstić information content (AvgIpc) is 2.34. The molecule has 1 aliphatic rings. The third-order valence-electron chi connectivity index (χ3n) is 3.60. The van der Waals surface area contributed by atoms with Crippen LogP contribution >= 0.6 is 0 Å². The minimum absolute atomic E-state index is 0.170. The molecule has 0 aliphatic carbocycles. The molecule has 2 N–H and O–H groups in total. The summed E-state index contributed by atoms with van der Waals surface area (Å²) in [4.78, 5) is 0. The fraction of sp³-hybridized carbons (Fsp3) is 0.294. The predicted molar refractivity (Wildman–Crippen MR) is 82.9 cm³/mol. The Kier molecular flexibility index (Phi) is 2.56. The minimum atomic E-state index is 0.170. The summed E-state index contributed by atoms with van der Waals surface area (Å²) in [6, 6.07) is 13.0. The second-order valence-corrected chi connectivity index (χ2v) is 6.31. The Morgan fingerprint density at radius 1 is 0.737 bits per heavy atom. The van der Waals surface area contributed by atoms with Gasteiger partial charge in [-0.15, -0.1) is 0 Å². The van der Waals surface area contributed by atoms with Gasteiger partial charge in [0.2, 0.25) is 0 Å². The lowest BCUT2D eigenvalue weighted by molar-refractivity contribution is 0.590. The molecule has 1 aliphatic heterocycles. The van der Waals surface area contributed by atoms with E-state index in [1.807, 2.05) is 0 Å². The summed E-state index contributed by atoms with van der Waals surface area (Å²) in [5.41, 5.74) is 7.37. The lowest BCUT2D eigenvalue weighted by atomic mass is 9.86. The molecule has 2 aromatic carbocycles. The highest BCUT2D eigenvalue weighted by Crippen LogP contribution is 2.40. The van der Waals surface area contributed by atoms with Crippen LogP contribution in [-0.4, -0.2) is 0 Å². The van der Waals surface area contributed by atoms with E-state index < -0.39 is 0 Å². The molecule has 1 heterocycles. The molecule has 2 aromatic rings. The first kappa shape index (κ1) is 12.1. The molecule has 0 atom stereocenters. The lowest BCUT2D eigenvalue weighted by Gasteiger charge is -2.26. The third kappa shape index (κ3) is 2.19. The van der Waals surface area contributed by atoms with Crippen molar-refractivity contribution < 1.29 is 0 Å². The zero-order chi connectivity index (χ0) is 13.6. The molecule has 0 saturated carbocycles. The fourth-order valence-electron chi connectivity index (χ4n) is 2.38. The highest BCUT2D eigenvalue weighted by atomic mass is 15.0. The summed E-state index contributed by atoms with van der Waals surface area (Å²) in [5.74, 6) is 0. The Bertz CT molecular complexity index is 636. The van der Waals surface area contributed by atoms with Crippen molar-refractivity contribution in [2.24, 2.45) is 0 Å². The smallest absolute Gasteiger partial charge is 0.0627 e. The maximum absolute atomic E-state index is 3.53. The SMILES string of the molecule is Cc1ccc2c(c1)Nc1cc(C(C)(C)C)ccc1N2. The van der Waals surface area contributed by atoms with E-state index in [2.05, 4.69) is 74.7 Å². The molecule has 0 spiro atoms. The van der Waals surface area contributed by atoms with E-state index in [-0.39, 0.29) is 5.41 Å². The van der Waals surface area contributed by atoms with E-state index in [1.54, 1.807) is 0 Å². The molecule has 0 saturated heterocycles. The van der Waals surface area contributed by atoms with Crippen LogP contribution in [0.1, 0.15) is 31.9 Å². The van der Waals surface area contributed by atoms with Crippen molar-refractivity contribution >= 4 is 22.7 Å². The number of aryl methyl sites for hydroxylation is 1. The van der Waals surface area contributed by atoms with Crippen LogP contribution in [0.15, 0.2) is 36.4 Å². The summed E-state index contributed by atoms with van der Waals surface area (Å²) < 4.78 is 0. The summed E-state index contributed by atoms with van der Waals surface area (Å²) in [7, 11) is 0. The van der Waals surface area contributed by atoms with Gasteiger partial charge < -0.3 is 10.6 Å². The molecule has 2 nitrogen and oxygen atoms in total. The van der Waals surface area contributed by atoms with Crippen LogP contribution in [0, 0.1) is 6.92 Å². The van der Waals surface area contributed by atoms with Crippen molar-refractivity contribution in [1.82, 2.24) is 0 Å². The number of rotatable bonds is 0. The van der Waals surface area contributed by atoms with E-state index >= 15 is 0 Å². The highest BCUT2D eigenvalue weighted by molar-refractivity contribution is 5.90. The van der Waals surface area contributed by atoms with Gasteiger partial charge in [-0.1, -0.05) is 32.9 Å². The van der Waals surface area contributed by atoms with Crippen LogP contribution in [0.5, 0.6) is 0 Å². The first-order valence-corrected chi connectivity index (χ1v) is 6.73. The van der Waals surface area contributed by atoms with Crippen molar-refractivity contribution in [2.75, 3.05) is 10.6 Å². The monoisotopic (exact) mass is 252 g/mol. The molecule has 0 radical (unpaired) electrons.